The Bertz CT molecular complexity index is 518. The first-order valence-electron chi connectivity index (χ1n) is 7.86. The Labute approximate surface area is 136 Å². The normalized spacial score (nSPS) is 18.4. The molecule has 2 N–H and O–H groups in total. The van der Waals surface area contributed by atoms with E-state index in [0.29, 0.717) is 0 Å². The average Bonchev–Trinajstić information content (AvgIpc) is 2.76. The highest BCUT2D eigenvalue weighted by atomic mass is 32.1. The SMILES string of the molecule is Cc1nc(C(C)NCC2(NC(=O)OC(C)(C)C)CCC2)cs1. The van der Waals surface area contributed by atoms with Crippen LogP contribution in [0.3, 0.4) is 0 Å². The summed E-state index contributed by atoms with van der Waals surface area (Å²) in [6.45, 7) is 10.5. The van der Waals surface area contributed by atoms with Crippen LogP contribution in [-0.4, -0.2) is 28.8 Å². The standard InChI is InChI=1S/C16H27N3O2S/c1-11(13-9-22-12(2)18-13)17-10-16(7-6-8-16)19-14(20)21-15(3,4)5/h9,11,17H,6-8,10H2,1-5H3,(H,19,20). The molecule has 1 fully saturated rings. The zero-order valence-electron chi connectivity index (χ0n) is 14.2. The number of alkyl carbamates (subject to hydrolysis) is 1. The van der Waals surface area contributed by atoms with E-state index in [1.165, 1.54) is 0 Å². The van der Waals surface area contributed by atoms with Crippen LogP contribution >= 0.6 is 11.3 Å². The maximum Gasteiger partial charge on any atom is 0.408 e. The van der Waals surface area contributed by atoms with Gasteiger partial charge in [-0.1, -0.05) is 0 Å². The zero-order chi connectivity index (χ0) is 16.4. The van der Waals surface area contributed by atoms with Gasteiger partial charge < -0.3 is 15.4 Å². The molecular formula is C16H27N3O2S. The minimum Gasteiger partial charge on any atom is -0.444 e. The van der Waals surface area contributed by atoms with Gasteiger partial charge >= 0.3 is 6.09 Å². The molecule has 1 aliphatic rings. The topological polar surface area (TPSA) is 63.2 Å². The number of carbonyl (C=O) groups is 1. The first-order chi connectivity index (χ1) is 10.2. The van der Waals surface area contributed by atoms with Gasteiger partial charge in [0.05, 0.1) is 16.2 Å². The van der Waals surface area contributed by atoms with Crippen LogP contribution in [0.4, 0.5) is 4.79 Å². The molecule has 0 aliphatic heterocycles. The molecule has 1 heterocycles. The van der Waals surface area contributed by atoms with Gasteiger partial charge in [0.15, 0.2) is 0 Å². The van der Waals surface area contributed by atoms with Crippen LogP contribution in [0.2, 0.25) is 0 Å². The molecule has 0 aromatic carbocycles. The van der Waals surface area contributed by atoms with E-state index >= 15 is 0 Å². The lowest BCUT2D eigenvalue weighted by Crippen LogP contribution is -2.60. The molecule has 1 aromatic heterocycles. The van der Waals surface area contributed by atoms with Crippen molar-refractivity contribution in [2.75, 3.05) is 6.54 Å². The van der Waals surface area contributed by atoms with Crippen LogP contribution in [0.5, 0.6) is 0 Å². The molecule has 0 radical (unpaired) electrons. The summed E-state index contributed by atoms with van der Waals surface area (Å²) < 4.78 is 5.38. The summed E-state index contributed by atoms with van der Waals surface area (Å²) >= 11 is 1.66. The molecule has 0 saturated heterocycles. The van der Waals surface area contributed by atoms with Gasteiger partial charge in [-0.05, 0) is 53.9 Å². The van der Waals surface area contributed by atoms with Crippen molar-refractivity contribution in [2.24, 2.45) is 0 Å². The van der Waals surface area contributed by atoms with Crippen molar-refractivity contribution in [1.29, 1.82) is 0 Å². The van der Waals surface area contributed by atoms with Gasteiger partial charge in [-0.25, -0.2) is 9.78 Å². The van der Waals surface area contributed by atoms with E-state index < -0.39 is 5.60 Å². The molecule has 22 heavy (non-hydrogen) atoms. The highest BCUT2D eigenvalue weighted by Crippen LogP contribution is 2.32. The molecule has 6 heteroatoms. The monoisotopic (exact) mass is 325 g/mol. The Morgan fingerprint density at radius 2 is 2.18 bits per heavy atom. The fourth-order valence-corrected chi connectivity index (χ4v) is 3.21. The number of aromatic nitrogens is 1. The molecule has 1 amide bonds. The number of thiazole rings is 1. The van der Waals surface area contributed by atoms with E-state index in [4.69, 9.17) is 4.74 Å². The summed E-state index contributed by atoms with van der Waals surface area (Å²) in [7, 11) is 0. The Hall–Kier alpha value is -1.14. The molecule has 1 atom stereocenters. The molecule has 1 unspecified atom stereocenters. The van der Waals surface area contributed by atoms with Crippen molar-refractivity contribution >= 4 is 17.4 Å². The van der Waals surface area contributed by atoms with Crippen LogP contribution in [0.25, 0.3) is 0 Å². The Morgan fingerprint density at radius 1 is 1.50 bits per heavy atom. The third-order valence-electron chi connectivity index (χ3n) is 3.90. The fourth-order valence-electron chi connectivity index (χ4n) is 2.50. The third-order valence-corrected chi connectivity index (χ3v) is 4.70. The van der Waals surface area contributed by atoms with E-state index in [1.54, 1.807) is 11.3 Å². The number of nitrogens with one attached hydrogen (secondary N) is 2. The van der Waals surface area contributed by atoms with E-state index in [-0.39, 0.29) is 17.7 Å². The third kappa shape index (κ3) is 4.68. The molecule has 5 nitrogen and oxygen atoms in total. The number of aryl methyl sites for hydroxylation is 1. The summed E-state index contributed by atoms with van der Waals surface area (Å²) in [5.74, 6) is 0. The van der Waals surface area contributed by atoms with E-state index in [1.807, 2.05) is 27.7 Å². The van der Waals surface area contributed by atoms with Gasteiger partial charge in [-0.3, -0.25) is 0 Å². The highest BCUT2D eigenvalue weighted by Gasteiger charge is 2.39. The summed E-state index contributed by atoms with van der Waals surface area (Å²) in [6, 6.07) is 0.183. The van der Waals surface area contributed by atoms with Gasteiger partial charge in [0.2, 0.25) is 0 Å². The summed E-state index contributed by atoms with van der Waals surface area (Å²) in [5.41, 5.74) is 0.421. The Balaban J connectivity index is 1.87. The molecule has 0 spiro atoms. The van der Waals surface area contributed by atoms with Crippen LogP contribution < -0.4 is 10.6 Å². The van der Waals surface area contributed by atoms with Crippen LogP contribution in [0, 0.1) is 6.92 Å². The lowest BCUT2D eigenvalue weighted by Gasteiger charge is -2.43. The maximum absolute atomic E-state index is 12.0. The quantitative estimate of drug-likeness (QED) is 0.869. The van der Waals surface area contributed by atoms with Gasteiger partial charge in [-0.2, -0.15) is 0 Å². The van der Waals surface area contributed by atoms with Crippen molar-refractivity contribution in [3.8, 4) is 0 Å². The number of rotatable bonds is 5. The lowest BCUT2D eigenvalue weighted by molar-refractivity contribution is 0.0379. The van der Waals surface area contributed by atoms with E-state index in [9.17, 15) is 4.79 Å². The number of ether oxygens (including phenoxy) is 1. The number of hydrogen-bond donors (Lipinski definition) is 2. The largest absolute Gasteiger partial charge is 0.444 e. The van der Waals surface area contributed by atoms with Crippen molar-refractivity contribution in [3.05, 3.63) is 16.1 Å². The first kappa shape index (κ1) is 17.2. The number of carbonyl (C=O) groups excluding carboxylic acids is 1. The minimum atomic E-state index is -0.464. The number of nitrogens with zero attached hydrogens (tertiary/aromatic N) is 1. The molecule has 1 aromatic rings. The van der Waals surface area contributed by atoms with E-state index in [2.05, 4.69) is 27.9 Å². The average molecular weight is 325 g/mol. The van der Waals surface area contributed by atoms with Gasteiger partial charge in [0.25, 0.3) is 0 Å². The summed E-state index contributed by atoms with van der Waals surface area (Å²) in [4.78, 5) is 16.5. The van der Waals surface area contributed by atoms with Crippen molar-refractivity contribution in [1.82, 2.24) is 15.6 Å². The molecule has 1 aliphatic carbocycles. The van der Waals surface area contributed by atoms with Gasteiger partial charge in [0, 0.05) is 18.0 Å². The molecule has 0 bridgehead atoms. The second-order valence-corrected chi connectivity index (χ2v) is 8.22. The predicted molar refractivity (Wildman–Crippen MR) is 89.2 cm³/mol. The van der Waals surface area contributed by atoms with Crippen molar-refractivity contribution in [2.45, 2.75) is 71.1 Å². The molecule has 1 saturated carbocycles. The zero-order valence-corrected chi connectivity index (χ0v) is 15.0. The van der Waals surface area contributed by atoms with Gasteiger partial charge in [-0.15, -0.1) is 11.3 Å². The smallest absolute Gasteiger partial charge is 0.408 e. The van der Waals surface area contributed by atoms with Gasteiger partial charge in [0.1, 0.15) is 5.60 Å². The second-order valence-electron chi connectivity index (χ2n) is 7.15. The van der Waals surface area contributed by atoms with Crippen LogP contribution in [0.1, 0.15) is 63.7 Å². The number of amides is 1. The highest BCUT2D eigenvalue weighted by molar-refractivity contribution is 7.09. The summed E-state index contributed by atoms with van der Waals surface area (Å²) in [5, 5.41) is 9.72. The molecule has 2 rings (SSSR count). The first-order valence-corrected chi connectivity index (χ1v) is 8.74. The van der Waals surface area contributed by atoms with Crippen LogP contribution in [0.15, 0.2) is 5.38 Å². The Kier molecular flexibility index (Phi) is 5.12. The fraction of sp³-hybridized carbons (Fsp3) is 0.750. The van der Waals surface area contributed by atoms with Crippen molar-refractivity contribution in [3.63, 3.8) is 0 Å². The molecule has 124 valence electrons. The lowest BCUT2D eigenvalue weighted by atomic mass is 9.76. The van der Waals surface area contributed by atoms with Crippen molar-refractivity contribution < 1.29 is 9.53 Å². The number of hydrogen-bond acceptors (Lipinski definition) is 5. The summed E-state index contributed by atoms with van der Waals surface area (Å²) in [6.07, 6.45) is 2.79. The predicted octanol–water partition coefficient (Wildman–Crippen LogP) is 3.55. The molecular weight excluding hydrogens is 298 g/mol. The van der Waals surface area contributed by atoms with Crippen LogP contribution in [-0.2, 0) is 4.74 Å². The minimum absolute atomic E-state index is 0.179. The second kappa shape index (κ2) is 6.54. The van der Waals surface area contributed by atoms with E-state index in [0.717, 1.165) is 36.5 Å². The maximum atomic E-state index is 12.0. The Morgan fingerprint density at radius 3 is 2.64 bits per heavy atom.